The first-order chi connectivity index (χ1) is 8.06. The van der Waals surface area contributed by atoms with Crippen LogP contribution < -0.4 is 5.73 Å². The summed E-state index contributed by atoms with van der Waals surface area (Å²) in [4.78, 5) is 1.30. The van der Waals surface area contributed by atoms with E-state index >= 15 is 0 Å². The Balaban J connectivity index is 2.17. The molecule has 4 heteroatoms. The van der Waals surface area contributed by atoms with Crippen molar-refractivity contribution >= 4 is 43.2 Å². The monoisotopic (exact) mass is 373 g/mol. The maximum absolute atomic E-state index is 6.25. The lowest BCUT2D eigenvalue weighted by Crippen LogP contribution is -2.13. The molecule has 2 N–H and O–H groups in total. The van der Waals surface area contributed by atoms with E-state index in [0.29, 0.717) is 0 Å². The molecular weight excluding hydrogens is 362 g/mol. The van der Waals surface area contributed by atoms with Gasteiger partial charge in [-0.25, -0.2) is 0 Å². The first-order valence-electron chi connectivity index (χ1n) is 5.32. The smallest absolute Gasteiger partial charge is 0.0701 e. The fourth-order valence-electron chi connectivity index (χ4n) is 1.72. The van der Waals surface area contributed by atoms with Crippen molar-refractivity contribution in [2.45, 2.75) is 19.4 Å². The molecule has 1 nitrogen and oxygen atoms in total. The van der Waals surface area contributed by atoms with Gasteiger partial charge in [0, 0.05) is 21.8 Å². The summed E-state index contributed by atoms with van der Waals surface area (Å²) in [6.45, 7) is 2.08. The molecule has 1 unspecified atom stereocenters. The minimum atomic E-state index is 0.0375. The second kappa shape index (κ2) is 5.65. The van der Waals surface area contributed by atoms with Gasteiger partial charge in [0.2, 0.25) is 0 Å². The Kier molecular flexibility index (Phi) is 4.42. The molecule has 2 rings (SSSR count). The van der Waals surface area contributed by atoms with E-state index in [-0.39, 0.29) is 6.04 Å². The minimum Gasteiger partial charge on any atom is -0.324 e. The van der Waals surface area contributed by atoms with Gasteiger partial charge in [0.25, 0.3) is 0 Å². The zero-order chi connectivity index (χ0) is 12.4. The molecule has 0 radical (unpaired) electrons. The van der Waals surface area contributed by atoms with Crippen LogP contribution in [0.15, 0.2) is 38.6 Å². The summed E-state index contributed by atoms with van der Waals surface area (Å²) in [5, 5.41) is 0. The first kappa shape index (κ1) is 13.3. The van der Waals surface area contributed by atoms with Crippen LogP contribution in [0.3, 0.4) is 0 Å². The first-order valence-corrected chi connectivity index (χ1v) is 7.72. The van der Waals surface area contributed by atoms with Gasteiger partial charge in [-0.3, -0.25) is 0 Å². The third-order valence-electron chi connectivity index (χ3n) is 2.61. The zero-order valence-electron chi connectivity index (χ0n) is 9.41. The second-order valence-electron chi connectivity index (χ2n) is 4.04. The van der Waals surface area contributed by atoms with E-state index in [9.17, 15) is 0 Å². The van der Waals surface area contributed by atoms with Crippen molar-refractivity contribution in [1.82, 2.24) is 0 Å². The van der Waals surface area contributed by atoms with Crippen molar-refractivity contribution in [2.75, 3.05) is 0 Å². The normalized spacial score (nSPS) is 12.7. The van der Waals surface area contributed by atoms with Crippen LogP contribution in [0.4, 0.5) is 0 Å². The number of hydrogen-bond donors (Lipinski definition) is 1. The van der Waals surface area contributed by atoms with Crippen molar-refractivity contribution in [1.29, 1.82) is 0 Å². The summed E-state index contributed by atoms with van der Waals surface area (Å²) in [6, 6.07) is 10.5. The highest BCUT2D eigenvalue weighted by Crippen LogP contribution is 2.29. The molecule has 0 aliphatic heterocycles. The van der Waals surface area contributed by atoms with Gasteiger partial charge in [-0.2, -0.15) is 0 Å². The van der Waals surface area contributed by atoms with Crippen LogP contribution in [0, 0.1) is 6.92 Å². The molecule has 1 aromatic carbocycles. The third kappa shape index (κ3) is 3.41. The predicted molar refractivity (Wildman–Crippen MR) is 81.5 cm³/mol. The lowest BCUT2D eigenvalue weighted by atomic mass is 10.0. The molecule has 1 aromatic heterocycles. The molecule has 1 atom stereocenters. The average Bonchev–Trinajstić information content (AvgIpc) is 2.63. The van der Waals surface area contributed by atoms with E-state index in [1.165, 1.54) is 16.0 Å². The molecule has 0 spiro atoms. The molecule has 90 valence electrons. The number of rotatable bonds is 3. The van der Waals surface area contributed by atoms with Gasteiger partial charge in [-0.1, -0.05) is 28.1 Å². The largest absolute Gasteiger partial charge is 0.324 e. The topological polar surface area (TPSA) is 26.0 Å². The summed E-state index contributed by atoms with van der Waals surface area (Å²) in [7, 11) is 0. The summed E-state index contributed by atoms with van der Waals surface area (Å²) in [5.41, 5.74) is 8.66. The molecule has 0 fully saturated rings. The van der Waals surface area contributed by atoms with Crippen molar-refractivity contribution in [3.63, 3.8) is 0 Å². The summed E-state index contributed by atoms with van der Waals surface area (Å²) in [5.74, 6) is 0. The number of benzene rings is 1. The van der Waals surface area contributed by atoms with Crippen molar-refractivity contribution in [3.8, 4) is 0 Å². The minimum absolute atomic E-state index is 0.0375. The molecule has 17 heavy (non-hydrogen) atoms. The van der Waals surface area contributed by atoms with Crippen LogP contribution in [-0.2, 0) is 6.42 Å². The van der Waals surface area contributed by atoms with Crippen LogP contribution >= 0.6 is 43.2 Å². The molecule has 0 amide bonds. The lowest BCUT2D eigenvalue weighted by Gasteiger charge is -2.13. The highest BCUT2D eigenvalue weighted by Gasteiger charge is 2.11. The Bertz CT molecular complexity index is 522. The average molecular weight is 375 g/mol. The highest BCUT2D eigenvalue weighted by molar-refractivity contribution is 9.11. The quantitative estimate of drug-likeness (QED) is 0.818. The fraction of sp³-hybridized carbons (Fsp3) is 0.231. The Morgan fingerprint density at radius 1 is 1.24 bits per heavy atom. The summed E-state index contributed by atoms with van der Waals surface area (Å²) < 4.78 is 2.25. The Morgan fingerprint density at radius 2 is 2.00 bits per heavy atom. The van der Waals surface area contributed by atoms with Gasteiger partial charge in [0.05, 0.1) is 3.79 Å². The van der Waals surface area contributed by atoms with Gasteiger partial charge < -0.3 is 5.73 Å². The number of hydrogen-bond acceptors (Lipinski definition) is 2. The van der Waals surface area contributed by atoms with Gasteiger partial charge in [0.15, 0.2) is 0 Å². The molecule has 0 saturated heterocycles. The summed E-state index contributed by atoms with van der Waals surface area (Å²) in [6.07, 6.45) is 0.873. The maximum atomic E-state index is 6.25. The van der Waals surface area contributed by atoms with Gasteiger partial charge in [0.1, 0.15) is 0 Å². The standard InChI is InChI=1S/C13H13Br2NS/c1-8-2-4-10(11(14)6-8)12(16)7-9-3-5-13(15)17-9/h2-6,12H,7,16H2,1H3. The van der Waals surface area contributed by atoms with Crippen LogP contribution in [0.25, 0.3) is 0 Å². The predicted octanol–water partition coefficient (Wildman–Crippen LogP) is 4.82. The van der Waals surface area contributed by atoms with Crippen LogP contribution in [0.2, 0.25) is 0 Å². The molecule has 0 aliphatic rings. The van der Waals surface area contributed by atoms with Crippen molar-refractivity contribution in [2.24, 2.45) is 5.73 Å². The van der Waals surface area contributed by atoms with Gasteiger partial charge >= 0.3 is 0 Å². The number of aryl methyl sites for hydroxylation is 1. The number of nitrogens with two attached hydrogens (primary N) is 1. The number of halogens is 2. The Morgan fingerprint density at radius 3 is 2.59 bits per heavy atom. The zero-order valence-corrected chi connectivity index (χ0v) is 13.4. The van der Waals surface area contributed by atoms with Crippen LogP contribution in [0.1, 0.15) is 22.0 Å². The van der Waals surface area contributed by atoms with E-state index in [1.807, 2.05) is 0 Å². The Labute approximate surface area is 122 Å². The van der Waals surface area contributed by atoms with Crippen molar-refractivity contribution in [3.05, 3.63) is 54.6 Å². The second-order valence-corrected chi connectivity index (χ2v) is 7.44. The fourth-order valence-corrected chi connectivity index (χ4v) is 4.05. The van der Waals surface area contributed by atoms with Crippen LogP contribution in [0.5, 0.6) is 0 Å². The van der Waals surface area contributed by atoms with E-state index in [2.05, 4.69) is 69.1 Å². The molecule has 1 heterocycles. The molecule has 0 saturated carbocycles. The molecule has 2 aromatic rings. The lowest BCUT2D eigenvalue weighted by molar-refractivity contribution is 0.726. The van der Waals surface area contributed by atoms with Crippen molar-refractivity contribution < 1.29 is 0 Å². The van der Waals surface area contributed by atoms with Crippen LogP contribution in [-0.4, -0.2) is 0 Å². The van der Waals surface area contributed by atoms with E-state index in [0.717, 1.165) is 14.7 Å². The van der Waals surface area contributed by atoms with Gasteiger partial charge in [-0.05, 0) is 52.2 Å². The maximum Gasteiger partial charge on any atom is 0.0701 e. The third-order valence-corrected chi connectivity index (χ3v) is 4.94. The highest BCUT2D eigenvalue weighted by atomic mass is 79.9. The molecule has 0 bridgehead atoms. The van der Waals surface area contributed by atoms with E-state index in [4.69, 9.17) is 5.73 Å². The Hall–Kier alpha value is -0.160. The molecule has 0 aliphatic carbocycles. The SMILES string of the molecule is Cc1ccc(C(N)Cc2ccc(Br)s2)c(Br)c1. The van der Waals surface area contributed by atoms with E-state index < -0.39 is 0 Å². The van der Waals surface area contributed by atoms with Gasteiger partial charge in [-0.15, -0.1) is 11.3 Å². The van der Waals surface area contributed by atoms with E-state index in [1.54, 1.807) is 11.3 Å². The number of thiophene rings is 1. The molecular formula is C13H13Br2NS. The summed E-state index contributed by atoms with van der Waals surface area (Å²) >= 11 is 8.79.